The van der Waals surface area contributed by atoms with E-state index in [-0.39, 0.29) is 29.9 Å². The molecule has 2 saturated heterocycles. The van der Waals surface area contributed by atoms with Gasteiger partial charge in [-0.15, -0.1) is 11.8 Å². The van der Waals surface area contributed by atoms with E-state index >= 15 is 0 Å². The summed E-state index contributed by atoms with van der Waals surface area (Å²) in [5.41, 5.74) is 1.75. The van der Waals surface area contributed by atoms with Gasteiger partial charge < -0.3 is 16.0 Å². The standard InChI is InChI=1S/C23H32N6O2S/c1-15-12-20(29(27-15)18-9-5-4-6-10-18)26-23(31)19-14-32-21-11-7-8-17(13-28(19)21)25-22(30)16(2)24-3/h4-6,9-10,12,16-17,19,21,24H,7-8,11,13-14H2,1-3H3,(H,25,30)(H,26,31)/t16-,17?,19-,21+/m0/s1. The minimum absolute atomic E-state index is 0.00559. The molecule has 2 amide bonds. The van der Waals surface area contributed by atoms with Crippen molar-refractivity contribution in [3.63, 3.8) is 0 Å². The van der Waals surface area contributed by atoms with Gasteiger partial charge in [0.25, 0.3) is 0 Å². The highest BCUT2D eigenvalue weighted by molar-refractivity contribution is 8.00. The zero-order valence-corrected chi connectivity index (χ0v) is 19.7. The third kappa shape index (κ3) is 5.00. The Kier molecular flexibility index (Phi) is 7.17. The fourth-order valence-electron chi connectivity index (χ4n) is 4.34. The van der Waals surface area contributed by atoms with Crippen LogP contribution in [-0.2, 0) is 9.59 Å². The normalized spacial score (nSPS) is 24.4. The van der Waals surface area contributed by atoms with E-state index in [0.29, 0.717) is 17.7 Å². The van der Waals surface area contributed by atoms with Crippen LogP contribution in [0.3, 0.4) is 0 Å². The molecular weight excluding hydrogens is 424 g/mol. The Morgan fingerprint density at radius 1 is 1.22 bits per heavy atom. The molecule has 8 nitrogen and oxygen atoms in total. The lowest BCUT2D eigenvalue weighted by Gasteiger charge is -2.30. The third-order valence-corrected chi connectivity index (χ3v) is 7.61. The Hall–Kier alpha value is -2.36. The molecule has 2 fully saturated rings. The Morgan fingerprint density at radius 3 is 2.75 bits per heavy atom. The molecule has 2 aliphatic heterocycles. The van der Waals surface area contributed by atoms with Crippen LogP contribution >= 0.6 is 11.8 Å². The van der Waals surface area contributed by atoms with Gasteiger partial charge >= 0.3 is 0 Å². The summed E-state index contributed by atoms with van der Waals surface area (Å²) in [4.78, 5) is 28.0. The van der Waals surface area contributed by atoms with Crippen molar-refractivity contribution in [1.29, 1.82) is 0 Å². The fourth-order valence-corrected chi connectivity index (χ4v) is 5.84. The number of carbonyl (C=O) groups excluding carboxylic acids is 2. The molecule has 0 aliphatic carbocycles. The number of fused-ring (bicyclic) bond motifs is 1. The van der Waals surface area contributed by atoms with Crippen molar-refractivity contribution in [1.82, 2.24) is 25.3 Å². The topological polar surface area (TPSA) is 91.3 Å². The zero-order chi connectivity index (χ0) is 22.7. The van der Waals surface area contributed by atoms with Crippen LogP contribution in [0.5, 0.6) is 0 Å². The number of likely N-dealkylation sites (N-methyl/N-ethyl adjacent to an activating group) is 1. The van der Waals surface area contributed by atoms with Gasteiger partial charge in [-0.3, -0.25) is 14.5 Å². The quantitative estimate of drug-likeness (QED) is 0.617. The molecule has 2 aromatic rings. The van der Waals surface area contributed by atoms with Crippen molar-refractivity contribution in [3.8, 4) is 5.69 Å². The molecule has 3 N–H and O–H groups in total. The number of amides is 2. The smallest absolute Gasteiger partial charge is 0.243 e. The predicted octanol–water partition coefficient (Wildman–Crippen LogP) is 2.14. The molecule has 1 aromatic carbocycles. The molecule has 4 atom stereocenters. The van der Waals surface area contributed by atoms with Gasteiger partial charge in [0.05, 0.1) is 28.8 Å². The highest BCUT2D eigenvalue weighted by atomic mass is 32.2. The van der Waals surface area contributed by atoms with Crippen molar-refractivity contribution in [2.45, 2.75) is 56.6 Å². The molecule has 1 unspecified atom stereocenters. The van der Waals surface area contributed by atoms with Gasteiger partial charge in [0, 0.05) is 24.4 Å². The van der Waals surface area contributed by atoms with Crippen LogP contribution in [0.4, 0.5) is 5.82 Å². The average Bonchev–Trinajstić information content (AvgIpc) is 3.30. The SMILES string of the molecule is CN[C@@H](C)C(=O)NC1CCC[C@H]2SC[C@@H](C(=O)Nc3cc(C)nn3-c3ccccc3)N2C1. The molecule has 0 saturated carbocycles. The van der Waals surface area contributed by atoms with Crippen molar-refractivity contribution in [2.75, 3.05) is 24.7 Å². The fraction of sp³-hybridized carbons (Fsp3) is 0.522. The maximum Gasteiger partial charge on any atom is 0.243 e. The van der Waals surface area contributed by atoms with E-state index < -0.39 is 0 Å². The molecule has 3 heterocycles. The minimum atomic E-state index is -0.234. The second-order valence-corrected chi connectivity index (χ2v) is 9.77. The van der Waals surface area contributed by atoms with Crippen molar-refractivity contribution in [3.05, 3.63) is 42.1 Å². The lowest BCUT2D eigenvalue weighted by atomic mass is 10.1. The minimum Gasteiger partial charge on any atom is -0.351 e. The molecule has 4 rings (SSSR count). The number of rotatable bonds is 6. The van der Waals surface area contributed by atoms with E-state index in [9.17, 15) is 9.59 Å². The summed E-state index contributed by atoms with van der Waals surface area (Å²) in [5, 5.41) is 14.1. The Bertz CT molecular complexity index is 949. The van der Waals surface area contributed by atoms with Gasteiger partial charge in [0.1, 0.15) is 5.82 Å². The number of benzene rings is 1. The van der Waals surface area contributed by atoms with E-state index in [4.69, 9.17) is 0 Å². The molecular formula is C23H32N6O2S. The first kappa shape index (κ1) is 22.8. The monoisotopic (exact) mass is 456 g/mol. The molecule has 1 aromatic heterocycles. The second-order valence-electron chi connectivity index (χ2n) is 8.55. The van der Waals surface area contributed by atoms with Crippen LogP contribution in [0.2, 0.25) is 0 Å². The number of nitrogens with one attached hydrogen (secondary N) is 3. The van der Waals surface area contributed by atoms with Crippen LogP contribution in [0.15, 0.2) is 36.4 Å². The maximum absolute atomic E-state index is 13.4. The van der Waals surface area contributed by atoms with E-state index in [1.807, 2.05) is 62.0 Å². The number of nitrogens with zero attached hydrogens (tertiary/aromatic N) is 3. The molecule has 9 heteroatoms. The first-order chi connectivity index (χ1) is 15.5. The Morgan fingerprint density at radius 2 is 2.00 bits per heavy atom. The summed E-state index contributed by atoms with van der Waals surface area (Å²) in [6.07, 6.45) is 3.01. The lowest BCUT2D eigenvalue weighted by molar-refractivity contribution is -0.123. The van der Waals surface area contributed by atoms with Crippen molar-refractivity contribution < 1.29 is 9.59 Å². The van der Waals surface area contributed by atoms with Gasteiger partial charge in [-0.25, -0.2) is 4.68 Å². The largest absolute Gasteiger partial charge is 0.351 e. The van der Waals surface area contributed by atoms with Crippen molar-refractivity contribution >= 4 is 29.4 Å². The summed E-state index contributed by atoms with van der Waals surface area (Å²) in [5.74, 6) is 1.41. The van der Waals surface area contributed by atoms with Crippen LogP contribution in [0.1, 0.15) is 31.9 Å². The van der Waals surface area contributed by atoms with E-state index in [1.165, 1.54) is 0 Å². The number of hydrogen-bond donors (Lipinski definition) is 3. The second kappa shape index (κ2) is 10.1. The predicted molar refractivity (Wildman–Crippen MR) is 128 cm³/mol. The summed E-state index contributed by atoms with van der Waals surface area (Å²) >= 11 is 1.84. The maximum atomic E-state index is 13.4. The van der Waals surface area contributed by atoms with E-state index in [2.05, 4.69) is 25.9 Å². The van der Waals surface area contributed by atoms with Crippen LogP contribution in [-0.4, -0.2) is 69.3 Å². The number of para-hydroxylation sites is 1. The van der Waals surface area contributed by atoms with Crippen LogP contribution < -0.4 is 16.0 Å². The van der Waals surface area contributed by atoms with Crippen molar-refractivity contribution in [2.24, 2.45) is 0 Å². The third-order valence-electron chi connectivity index (χ3n) is 6.21. The van der Waals surface area contributed by atoms with Crippen LogP contribution in [0, 0.1) is 6.92 Å². The molecule has 0 spiro atoms. The highest BCUT2D eigenvalue weighted by Crippen LogP contribution is 2.35. The number of carbonyl (C=O) groups is 2. The summed E-state index contributed by atoms with van der Waals surface area (Å²) in [6.45, 7) is 4.47. The first-order valence-electron chi connectivity index (χ1n) is 11.2. The average molecular weight is 457 g/mol. The molecule has 32 heavy (non-hydrogen) atoms. The number of anilines is 1. The number of hydrogen-bond acceptors (Lipinski definition) is 6. The number of aromatic nitrogens is 2. The number of aryl methyl sites for hydroxylation is 1. The van der Waals surface area contributed by atoms with Gasteiger partial charge in [-0.05, 0) is 52.3 Å². The first-order valence-corrected chi connectivity index (χ1v) is 12.3. The molecule has 172 valence electrons. The van der Waals surface area contributed by atoms with Gasteiger partial charge in [0.15, 0.2) is 0 Å². The number of thioether (sulfide) groups is 1. The van der Waals surface area contributed by atoms with Crippen LogP contribution in [0.25, 0.3) is 5.69 Å². The summed E-state index contributed by atoms with van der Waals surface area (Å²) < 4.78 is 1.78. The summed E-state index contributed by atoms with van der Waals surface area (Å²) in [6, 6.07) is 11.3. The Balaban J connectivity index is 1.47. The highest BCUT2D eigenvalue weighted by Gasteiger charge is 2.41. The Labute approximate surface area is 193 Å². The molecule has 2 aliphatic rings. The van der Waals surface area contributed by atoms with E-state index in [1.54, 1.807) is 11.7 Å². The van der Waals surface area contributed by atoms with Gasteiger partial charge in [0.2, 0.25) is 11.8 Å². The summed E-state index contributed by atoms with van der Waals surface area (Å²) in [7, 11) is 1.78. The lowest BCUT2D eigenvalue weighted by Crippen LogP contribution is -2.52. The van der Waals surface area contributed by atoms with Gasteiger partial charge in [-0.1, -0.05) is 18.2 Å². The zero-order valence-electron chi connectivity index (χ0n) is 18.9. The molecule has 0 bridgehead atoms. The van der Waals surface area contributed by atoms with E-state index in [0.717, 1.165) is 36.4 Å². The van der Waals surface area contributed by atoms with Gasteiger partial charge in [-0.2, -0.15) is 5.10 Å². The molecule has 0 radical (unpaired) electrons.